The lowest BCUT2D eigenvalue weighted by atomic mass is 9.29. The monoisotopic (exact) mass is 472 g/mol. The van der Waals surface area contributed by atoms with Gasteiger partial charge in [-0.1, -0.05) is 48.5 Å². The van der Waals surface area contributed by atoms with Crippen LogP contribution in [0.4, 0.5) is 0 Å². The van der Waals surface area contributed by atoms with Crippen molar-refractivity contribution in [2.45, 2.75) is 125 Å². The lowest BCUT2D eigenvalue weighted by Crippen LogP contribution is -2.71. The third kappa shape index (κ3) is 2.94. The molecule has 5 aliphatic carbocycles. The number of carbonyl (C=O) groups is 1. The van der Waals surface area contributed by atoms with Crippen molar-refractivity contribution in [3.05, 3.63) is 0 Å². The number of hydrogen-bond acceptors (Lipinski definition) is 3. The van der Waals surface area contributed by atoms with Crippen LogP contribution in [0, 0.1) is 56.2 Å². The van der Waals surface area contributed by atoms with E-state index in [1.54, 1.807) is 7.11 Å². The Labute approximate surface area is 209 Å². The fraction of sp³-hybridized carbons (Fsp3) is 0.968. The van der Waals surface area contributed by atoms with Gasteiger partial charge in [0.15, 0.2) is 0 Å². The molecule has 194 valence electrons. The highest BCUT2D eigenvalue weighted by atomic mass is 16.5. The molecule has 0 bridgehead atoms. The molecule has 10 atom stereocenters. The van der Waals surface area contributed by atoms with Gasteiger partial charge in [-0.05, 0) is 121 Å². The van der Waals surface area contributed by atoms with Crippen molar-refractivity contribution in [2.75, 3.05) is 7.11 Å². The normalized spacial score (nSPS) is 56.3. The van der Waals surface area contributed by atoms with E-state index in [1.807, 2.05) is 0 Å². The Kier molecular flexibility index (Phi) is 5.52. The molecule has 0 spiro atoms. The molecule has 0 heterocycles. The summed E-state index contributed by atoms with van der Waals surface area (Å²) in [4.78, 5) is 14.2. The first-order valence-electron chi connectivity index (χ1n) is 14.5. The summed E-state index contributed by atoms with van der Waals surface area (Å²) in [6.07, 6.45) is 12.5. The van der Waals surface area contributed by atoms with E-state index in [0.717, 1.165) is 38.5 Å². The Balaban J connectivity index is 1.63. The van der Waals surface area contributed by atoms with E-state index in [1.165, 1.54) is 32.1 Å². The summed E-state index contributed by atoms with van der Waals surface area (Å²) in [6, 6.07) is 0. The highest BCUT2D eigenvalue weighted by Gasteiger charge is 2.75. The van der Waals surface area contributed by atoms with E-state index in [2.05, 4.69) is 48.5 Å². The molecule has 0 saturated heterocycles. The van der Waals surface area contributed by atoms with Crippen molar-refractivity contribution in [1.29, 1.82) is 0 Å². The Bertz CT molecular complexity index is 850. The Morgan fingerprint density at radius 3 is 2.12 bits per heavy atom. The molecule has 0 radical (unpaired) electrons. The summed E-state index contributed by atoms with van der Waals surface area (Å²) in [7, 11) is 1.65. The molecule has 0 aromatic heterocycles. The fourth-order valence-electron chi connectivity index (χ4n) is 11.6. The maximum atomic E-state index is 14.2. The van der Waals surface area contributed by atoms with Gasteiger partial charge in [0.05, 0.1) is 18.6 Å². The van der Waals surface area contributed by atoms with Gasteiger partial charge in [-0.25, -0.2) is 0 Å². The second-order valence-corrected chi connectivity index (χ2v) is 15.5. The Morgan fingerprint density at radius 2 is 1.44 bits per heavy atom. The summed E-state index contributed by atoms with van der Waals surface area (Å²) in [5.41, 5.74) is 0.655. The molecule has 0 amide bonds. The summed E-state index contributed by atoms with van der Waals surface area (Å²) in [5, 5.41) is 10.8. The minimum absolute atomic E-state index is 0.00248. The van der Waals surface area contributed by atoms with Gasteiger partial charge in [0.25, 0.3) is 0 Å². The van der Waals surface area contributed by atoms with E-state index in [4.69, 9.17) is 4.74 Å². The van der Waals surface area contributed by atoms with Crippen LogP contribution in [0.3, 0.4) is 0 Å². The second-order valence-electron chi connectivity index (χ2n) is 15.5. The average Bonchev–Trinajstić information content (AvgIpc) is 2.78. The number of rotatable bonds is 1. The molecule has 0 aliphatic heterocycles. The predicted molar refractivity (Wildman–Crippen MR) is 137 cm³/mol. The maximum absolute atomic E-state index is 14.2. The quantitative estimate of drug-likeness (QED) is 0.404. The molecule has 1 N–H and O–H groups in total. The minimum Gasteiger partial charge on any atom is -0.469 e. The molecular weight excluding hydrogens is 420 g/mol. The van der Waals surface area contributed by atoms with Gasteiger partial charge < -0.3 is 9.84 Å². The zero-order chi connectivity index (χ0) is 24.9. The number of ether oxygens (including phenoxy) is 1. The first-order chi connectivity index (χ1) is 15.7. The van der Waals surface area contributed by atoms with Gasteiger partial charge in [-0.15, -0.1) is 0 Å². The van der Waals surface area contributed by atoms with E-state index in [0.29, 0.717) is 34.5 Å². The molecule has 5 rings (SSSR count). The van der Waals surface area contributed by atoms with Gasteiger partial charge in [0, 0.05) is 0 Å². The van der Waals surface area contributed by atoms with Crippen molar-refractivity contribution in [1.82, 2.24) is 0 Å². The van der Waals surface area contributed by atoms with Crippen LogP contribution in [0.1, 0.15) is 119 Å². The van der Waals surface area contributed by atoms with E-state index < -0.39 is 0 Å². The van der Waals surface area contributed by atoms with Crippen molar-refractivity contribution in [2.24, 2.45) is 56.2 Å². The zero-order valence-corrected chi connectivity index (χ0v) is 23.4. The first kappa shape index (κ1) is 25.1. The molecule has 0 aromatic rings. The van der Waals surface area contributed by atoms with Gasteiger partial charge in [-0.2, -0.15) is 0 Å². The summed E-state index contributed by atoms with van der Waals surface area (Å²) < 4.78 is 5.79. The number of esters is 1. The third-order valence-corrected chi connectivity index (χ3v) is 13.9. The number of hydrogen-bond donors (Lipinski definition) is 1. The molecule has 34 heavy (non-hydrogen) atoms. The van der Waals surface area contributed by atoms with Gasteiger partial charge in [0.2, 0.25) is 0 Å². The first-order valence-corrected chi connectivity index (χ1v) is 14.5. The van der Waals surface area contributed by atoms with Crippen molar-refractivity contribution < 1.29 is 14.6 Å². The minimum atomic E-state index is -0.368. The van der Waals surface area contributed by atoms with Crippen molar-refractivity contribution >= 4 is 5.97 Å². The molecule has 3 heteroatoms. The van der Waals surface area contributed by atoms with Crippen molar-refractivity contribution in [3.63, 3.8) is 0 Å². The average molecular weight is 473 g/mol. The smallest absolute Gasteiger partial charge is 0.312 e. The third-order valence-electron chi connectivity index (χ3n) is 13.9. The fourth-order valence-corrected chi connectivity index (χ4v) is 11.6. The van der Waals surface area contributed by atoms with E-state index in [-0.39, 0.29) is 33.7 Å². The predicted octanol–water partition coefficient (Wildman–Crippen LogP) is 7.40. The van der Waals surface area contributed by atoms with Crippen LogP contribution in [-0.2, 0) is 9.53 Å². The number of methoxy groups -OCH3 is 1. The van der Waals surface area contributed by atoms with Gasteiger partial charge >= 0.3 is 5.97 Å². The molecule has 3 nitrogen and oxygen atoms in total. The summed E-state index contributed by atoms with van der Waals surface area (Å²) in [5.74, 6) is 1.99. The van der Waals surface area contributed by atoms with Crippen molar-refractivity contribution in [3.8, 4) is 0 Å². The lowest BCUT2D eigenvalue weighted by Gasteiger charge is -2.74. The highest BCUT2D eigenvalue weighted by molar-refractivity contribution is 5.79. The Hall–Kier alpha value is -0.570. The number of aliphatic hydroxyl groups is 1. The maximum Gasteiger partial charge on any atom is 0.312 e. The SMILES string of the molecule is COC(=O)[C@]12CC[C@@]3(C)CCC(C)(C)C[C@H]3[C@]1(C)CC[C@@]1(C)[C@@H]3CC[C@@H](O)[C@H](C)[C@@]3(C)CC[C@@H]12. The number of fused-ring (bicyclic) bond motifs is 7. The number of carbonyl (C=O) groups excluding carboxylic acids is 1. The Morgan fingerprint density at radius 1 is 0.765 bits per heavy atom. The highest BCUT2D eigenvalue weighted by Crippen LogP contribution is 2.78. The topological polar surface area (TPSA) is 46.5 Å². The van der Waals surface area contributed by atoms with Gasteiger partial charge in [0.1, 0.15) is 0 Å². The molecular formula is C31H52O3. The van der Waals surface area contributed by atoms with Crippen LogP contribution in [0.25, 0.3) is 0 Å². The van der Waals surface area contributed by atoms with Crippen LogP contribution >= 0.6 is 0 Å². The zero-order valence-electron chi connectivity index (χ0n) is 23.4. The van der Waals surface area contributed by atoms with Crippen LogP contribution in [0.15, 0.2) is 0 Å². The van der Waals surface area contributed by atoms with E-state index >= 15 is 0 Å². The van der Waals surface area contributed by atoms with Crippen LogP contribution in [0.5, 0.6) is 0 Å². The number of aliphatic hydroxyl groups excluding tert-OH is 1. The molecule has 5 aliphatic rings. The van der Waals surface area contributed by atoms with Crippen LogP contribution in [-0.4, -0.2) is 24.3 Å². The lowest BCUT2D eigenvalue weighted by molar-refractivity contribution is -0.269. The standard InChI is InChI=1S/C31H52O3/c1-20-21(32)9-10-22-28(20,5)12-11-23-29(22,6)16-17-30(7)24-19-26(2,3)13-14-27(24,4)15-18-31(23,30)25(33)34-8/h20-24,32H,9-19H2,1-8H3/t20-,21+,22+,23-,24+,27+,28+,29-,30-,31+/m0/s1. The van der Waals surface area contributed by atoms with E-state index in [9.17, 15) is 9.90 Å². The largest absolute Gasteiger partial charge is 0.469 e. The molecule has 5 fully saturated rings. The molecule has 5 saturated carbocycles. The second kappa shape index (κ2) is 7.48. The van der Waals surface area contributed by atoms with Crippen LogP contribution < -0.4 is 0 Å². The summed E-state index contributed by atoms with van der Waals surface area (Å²) in [6.45, 7) is 17.3. The van der Waals surface area contributed by atoms with Crippen LogP contribution in [0.2, 0.25) is 0 Å². The molecule has 0 aromatic carbocycles. The summed E-state index contributed by atoms with van der Waals surface area (Å²) >= 11 is 0. The van der Waals surface area contributed by atoms with Gasteiger partial charge in [-0.3, -0.25) is 4.79 Å². The molecule has 0 unspecified atom stereocenters.